The van der Waals surface area contributed by atoms with Crippen molar-refractivity contribution in [3.8, 4) is 6.07 Å². The highest BCUT2D eigenvalue weighted by Gasteiger charge is 2.07. The molecule has 2 aromatic carbocycles. The Balaban J connectivity index is 1.90. The third-order valence-electron chi connectivity index (χ3n) is 3.34. The third-order valence-corrected chi connectivity index (χ3v) is 3.34. The zero-order chi connectivity index (χ0) is 18.2. The number of nitrogens with one attached hydrogen (secondary N) is 3. The molecular weight excluding hydrogens is 316 g/mol. The molecule has 0 aliphatic rings. The molecule has 0 bridgehead atoms. The van der Waals surface area contributed by atoms with Gasteiger partial charge in [0.05, 0.1) is 11.6 Å². The van der Waals surface area contributed by atoms with Crippen molar-refractivity contribution in [2.45, 2.75) is 26.4 Å². The largest absolute Gasteiger partial charge is 0.348 e. The van der Waals surface area contributed by atoms with E-state index in [1.807, 2.05) is 32.0 Å². The first-order valence-corrected chi connectivity index (χ1v) is 7.93. The molecular formula is C19H20N4O2. The van der Waals surface area contributed by atoms with Crippen molar-refractivity contribution in [3.63, 3.8) is 0 Å². The van der Waals surface area contributed by atoms with E-state index in [4.69, 9.17) is 5.26 Å². The van der Waals surface area contributed by atoms with Crippen molar-refractivity contribution < 1.29 is 9.59 Å². The van der Waals surface area contributed by atoms with Gasteiger partial charge in [0.25, 0.3) is 5.91 Å². The summed E-state index contributed by atoms with van der Waals surface area (Å²) in [7, 11) is 0. The Labute approximate surface area is 146 Å². The molecule has 0 atom stereocenters. The predicted octanol–water partition coefficient (Wildman–Crippen LogP) is 3.02. The Morgan fingerprint density at radius 3 is 2.48 bits per heavy atom. The van der Waals surface area contributed by atoms with Gasteiger partial charge in [-0.1, -0.05) is 18.2 Å². The third kappa shape index (κ3) is 5.66. The van der Waals surface area contributed by atoms with Crippen LogP contribution in [0.3, 0.4) is 0 Å². The SMILES string of the molecule is CC(C)NC(=O)Nc1ccc(CNC(=O)c2cccc(C#N)c2)cc1. The first kappa shape index (κ1) is 18.0. The Bertz CT molecular complexity index is 792. The van der Waals surface area contributed by atoms with Gasteiger partial charge in [0.2, 0.25) is 0 Å². The normalized spacial score (nSPS) is 10.0. The zero-order valence-electron chi connectivity index (χ0n) is 14.2. The summed E-state index contributed by atoms with van der Waals surface area (Å²) in [5.41, 5.74) is 2.47. The van der Waals surface area contributed by atoms with Crippen molar-refractivity contribution in [3.05, 3.63) is 65.2 Å². The van der Waals surface area contributed by atoms with E-state index in [-0.39, 0.29) is 18.0 Å². The predicted molar refractivity (Wildman–Crippen MR) is 96.1 cm³/mol. The monoisotopic (exact) mass is 336 g/mol. The van der Waals surface area contributed by atoms with Crippen LogP contribution < -0.4 is 16.0 Å². The van der Waals surface area contributed by atoms with Crippen LogP contribution >= 0.6 is 0 Å². The summed E-state index contributed by atoms with van der Waals surface area (Å²) < 4.78 is 0. The van der Waals surface area contributed by atoms with E-state index in [1.165, 1.54) is 0 Å². The van der Waals surface area contributed by atoms with Gasteiger partial charge in [-0.3, -0.25) is 4.79 Å². The second kappa shape index (κ2) is 8.50. The average molecular weight is 336 g/mol. The van der Waals surface area contributed by atoms with Crippen molar-refractivity contribution in [1.29, 1.82) is 5.26 Å². The van der Waals surface area contributed by atoms with Gasteiger partial charge in [-0.15, -0.1) is 0 Å². The van der Waals surface area contributed by atoms with Crippen molar-refractivity contribution in [1.82, 2.24) is 10.6 Å². The van der Waals surface area contributed by atoms with Crippen LogP contribution in [-0.2, 0) is 6.54 Å². The summed E-state index contributed by atoms with van der Waals surface area (Å²) in [6.07, 6.45) is 0. The van der Waals surface area contributed by atoms with Crippen LogP contribution in [0, 0.1) is 11.3 Å². The minimum absolute atomic E-state index is 0.0639. The number of carbonyl (C=O) groups excluding carboxylic acids is 2. The lowest BCUT2D eigenvalue weighted by molar-refractivity contribution is 0.0951. The molecule has 2 aromatic rings. The first-order valence-electron chi connectivity index (χ1n) is 7.93. The number of carbonyl (C=O) groups is 2. The number of rotatable bonds is 5. The van der Waals surface area contributed by atoms with Gasteiger partial charge in [0, 0.05) is 23.8 Å². The van der Waals surface area contributed by atoms with E-state index in [0.717, 1.165) is 5.56 Å². The lowest BCUT2D eigenvalue weighted by Gasteiger charge is -2.11. The Morgan fingerprint density at radius 1 is 1.12 bits per heavy atom. The molecule has 0 saturated heterocycles. The maximum Gasteiger partial charge on any atom is 0.319 e. The van der Waals surface area contributed by atoms with Crippen molar-refractivity contribution in [2.24, 2.45) is 0 Å². The molecule has 0 unspecified atom stereocenters. The van der Waals surface area contributed by atoms with E-state index < -0.39 is 0 Å². The maximum absolute atomic E-state index is 12.1. The molecule has 0 radical (unpaired) electrons. The second-order valence-electron chi connectivity index (χ2n) is 5.83. The topological polar surface area (TPSA) is 94.0 Å². The van der Waals surface area contributed by atoms with Gasteiger partial charge >= 0.3 is 6.03 Å². The fraction of sp³-hybridized carbons (Fsp3) is 0.211. The van der Waals surface area contributed by atoms with Crippen LogP contribution in [0.5, 0.6) is 0 Å². The quantitative estimate of drug-likeness (QED) is 0.783. The summed E-state index contributed by atoms with van der Waals surface area (Å²) in [5, 5.41) is 17.2. The molecule has 6 heteroatoms. The number of nitriles is 1. The summed E-state index contributed by atoms with van der Waals surface area (Å²) in [4.78, 5) is 23.7. The fourth-order valence-electron chi connectivity index (χ4n) is 2.15. The van der Waals surface area contributed by atoms with E-state index in [1.54, 1.807) is 36.4 Å². The minimum atomic E-state index is -0.256. The Hall–Kier alpha value is -3.33. The van der Waals surface area contributed by atoms with E-state index >= 15 is 0 Å². The number of nitrogens with zero attached hydrogens (tertiary/aromatic N) is 1. The summed E-state index contributed by atoms with van der Waals surface area (Å²) in [6, 6.07) is 15.6. The van der Waals surface area contributed by atoms with Gasteiger partial charge in [0.1, 0.15) is 0 Å². The molecule has 0 heterocycles. The highest BCUT2D eigenvalue weighted by Crippen LogP contribution is 2.10. The van der Waals surface area contributed by atoms with Crippen molar-refractivity contribution in [2.75, 3.05) is 5.32 Å². The zero-order valence-corrected chi connectivity index (χ0v) is 14.2. The highest BCUT2D eigenvalue weighted by atomic mass is 16.2. The summed E-state index contributed by atoms with van der Waals surface area (Å²) >= 11 is 0. The lowest BCUT2D eigenvalue weighted by atomic mass is 10.1. The molecule has 3 N–H and O–H groups in total. The van der Waals surface area contributed by atoms with E-state index in [9.17, 15) is 9.59 Å². The molecule has 0 fully saturated rings. The molecule has 0 aromatic heterocycles. The number of amides is 3. The Kier molecular flexibility index (Phi) is 6.13. The molecule has 128 valence electrons. The lowest BCUT2D eigenvalue weighted by Crippen LogP contribution is -2.34. The van der Waals surface area contributed by atoms with Gasteiger partial charge in [0.15, 0.2) is 0 Å². The van der Waals surface area contributed by atoms with Crippen LogP contribution in [0.1, 0.15) is 35.3 Å². The Morgan fingerprint density at radius 2 is 1.84 bits per heavy atom. The molecule has 0 saturated carbocycles. The van der Waals surface area contributed by atoms with Crippen LogP contribution in [0.15, 0.2) is 48.5 Å². The first-order chi connectivity index (χ1) is 12.0. The molecule has 3 amide bonds. The molecule has 0 spiro atoms. The maximum atomic E-state index is 12.1. The van der Waals surface area contributed by atoms with E-state index in [0.29, 0.717) is 23.4 Å². The number of benzene rings is 2. The molecule has 6 nitrogen and oxygen atoms in total. The smallest absolute Gasteiger partial charge is 0.319 e. The van der Waals surface area contributed by atoms with Crippen LogP contribution in [-0.4, -0.2) is 18.0 Å². The van der Waals surface area contributed by atoms with Crippen LogP contribution in [0.4, 0.5) is 10.5 Å². The van der Waals surface area contributed by atoms with Crippen LogP contribution in [0.25, 0.3) is 0 Å². The molecule has 2 rings (SSSR count). The molecule has 0 aliphatic carbocycles. The molecule has 25 heavy (non-hydrogen) atoms. The highest BCUT2D eigenvalue weighted by molar-refractivity contribution is 5.94. The van der Waals surface area contributed by atoms with E-state index in [2.05, 4.69) is 16.0 Å². The average Bonchev–Trinajstić information content (AvgIpc) is 2.60. The summed E-state index contributed by atoms with van der Waals surface area (Å²) in [5.74, 6) is -0.240. The standard InChI is InChI=1S/C19H20N4O2/c1-13(2)22-19(25)23-17-8-6-14(7-9-17)12-21-18(24)16-5-3-4-15(10-16)11-20/h3-10,13H,12H2,1-2H3,(H,21,24)(H2,22,23,25). The van der Waals surface area contributed by atoms with Crippen LogP contribution in [0.2, 0.25) is 0 Å². The van der Waals surface area contributed by atoms with Gasteiger partial charge < -0.3 is 16.0 Å². The number of hydrogen-bond donors (Lipinski definition) is 3. The van der Waals surface area contributed by atoms with Gasteiger partial charge in [-0.05, 0) is 49.7 Å². The minimum Gasteiger partial charge on any atom is -0.348 e. The van der Waals surface area contributed by atoms with Gasteiger partial charge in [-0.2, -0.15) is 5.26 Å². The van der Waals surface area contributed by atoms with Crippen molar-refractivity contribution >= 4 is 17.6 Å². The number of hydrogen-bond acceptors (Lipinski definition) is 3. The number of anilines is 1. The fourth-order valence-corrected chi connectivity index (χ4v) is 2.15. The molecule has 0 aliphatic heterocycles. The second-order valence-corrected chi connectivity index (χ2v) is 5.83. The number of urea groups is 1. The summed E-state index contributed by atoms with van der Waals surface area (Å²) in [6.45, 7) is 4.13. The van der Waals surface area contributed by atoms with Gasteiger partial charge in [-0.25, -0.2) is 4.79 Å².